The molecule has 0 saturated carbocycles. The first-order valence-electron chi connectivity index (χ1n) is 6.02. The number of anilines is 1. The second-order valence-electron chi connectivity index (χ2n) is 4.54. The van der Waals surface area contributed by atoms with Gasteiger partial charge in [-0.1, -0.05) is 6.07 Å². The Hall–Kier alpha value is -2.36. The van der Waals surface area contributed by atoms with Crippen LogP contribution in [0.3, 0.4) is 0 Å². The lowest BCUT2D eigenvalue weighted by molar-refractivity contribution is 0.0697. The Bertz CT molecular complexity index is 582. The number of nitrogens with zero attached hydrogens (tertiary/aromatic N) is 2. The molecule has 0 aliphatic heterocycles. The maximum absolute atomic E-state index is 11.3. The molecular weight excluding hydrogens is 240 g/mol. The van der Waals surface area contributed by atoms with E-state index in [0.29, 0.717) is 12.1 Å². The molecule has 2 rings (SSSR count). The van der Waals surface area contributed by atoms with Crippen molar-refractivity contribution in [1.82, 2.24) is 4.98 Å². The molecule has 0 atom stereocenters. The average Bonchev–Trinajstić information content (AvgIpc) is 2.39. The zero-order valence-electron chi connectivity index (χ0n) is 11.0. The lowest BCUT2D eigenvalue weighted by Gasteiger charge is -2.21. The molecule has 1 N–H and O–H groups in total. The number of carboxylic acids is 1. The number of aromatic nitrogens is 1. The van der Waals surface area contributed by atoms with Crippen LogP contribution in [0.5, 0.6) is 0 Å². The van der Waals surface area contributed by atoms with E-state index in [1.807, 2.05) is 43.1 Å². The van der Waals surface area contributed by atoms with Crippen LogP contribution in [0.2, 0.25) is 0 Å². The van der Waals surface area contributed by atoms with Gasteiger partial charge in [0.15, 0.2) is 0 Å². The minimum atomic E-state index is -0.906. The van der Waals surface area contributed by atoms with E-state index < -0.39 is 5.97 Å². The summed E-state index contributed by atoms with van der Waals surface area (Å²) in [5.41, 5.74) is 3.18. The van der Waals surface area contributed by atoms with Gasteiger partial charge in [0, 0.05) is 26.0 Å². The Labute approximate surface area is 112 Å². The topological polar surface area (TPSA) is 53.4 Å². The maximum atomic E-state index is 11.3. The first-order valence-corrected chi connectivity index (χ1v) is 6.02. The molecule has 0 fully saturated rings. The van der Waals surface area contributed by atoms with Crippen LogP contribution in [0, 0.1) is 6.92 Å². The van der Waals surface area contributed by atoms with Crippen LogP contribution in [0.25, 0.3) is 0 Å². The van der Waals surface area contributed by atoms with E-state index >= 15 is 0 Å². The van der Waals surface area contributed by atoms with Crippen molar-refractivity contribution in [3.8, 4) is 0 Å². The van der Waals surface area contributed by atoms with Gasteiger partial charge in [0.25, 0.3) is 0 Å². The highest BCUT2D eigenvalue weighted by atomic mass is 16.4. The van der Waals surface area contributed by atoms with Crippen molar-refractivity contribution in [2.75, 3.05) is 11.9 Å². The predicted molar refractivity (Wildman–Crippen MR) is 74.5 cm³/mol. The summed E-state index contributed by atoms with van der Waals surface area (Å²) in [5, 5.41) is 9.23. The monoisotopic (exact) mass is 256 g/mol. The number of hydrogen-bond acceptors (Lipinski definition) is 3. The normalized spacial score (nSPS) is 10.2. The Balaban J connectivity index is 2.30. The zero-order valence-corrected chi connectivity index (χ0v) is 11.0. The van der Waals surface area contributed by atoms with Gasteiger partial charge in [0.05, 0.1) is 11.3 Å². The first-order chi connectivity index (χ1) is 9.08. The molecule has 0 radical (unpaired) electrons. The number of rotatable bonds is 4. The molecule has 1 heterocycles. The summed E-state index contributed by atoms with van der Waals surface area (Å²) < 4.78 is 0. The highest BCUT2D eigenvalue weighted by molar-refractivity contribution is 5.94. The molecule has 2 aromatic rings. The Kier molecular flexibility index (Phi) is 3.80. The highest BCUT2D eigenvalue weighted by Gasteiger charge is 2.13. The van der Waals surface area contributed by atoms with Gasteiger partial charge >= 0.3 is 5.97 Å². The van der Waals surface area contributed by atoms with Crippen LogP contribution in [-0.4, -0.2) is 23.1 Å². The van der Waals surface area contributed by atoms with Crippen LogP contribution < -0.4 is 4.90 Å². The van der Waals surface area contributed by atoms with Crippen LogP contribution in [-0.2, 0) is 6.54 Å². The average molecular weight is 256 g/mol. The van der Waals surface area contributed by atoms with Crippen molar-refractivity contribution >= 4 is 11.7 Å². The van der Waals surface area contributed by atoms with Gasteiger partial charge in [-0.3, -0.25) is 4.98 Å². The second-order valence-corrected chi connectivity index (χ2v) is 4.54. The van der Waals surface area contributed by atoms with Crippen molar-refractivity contribution < 1.29 is 9.90 Å². The highest BCUT2D eigenvalue weighted by Crippen LogP contribution is 2.22. The van der Waals surface area contributed by atoms with Crippen molar-refractivity contribution in [2.24, 2.45) is 0 Å². The van der Waals surface area contributed by atoms with E-state index in [1.54, 1.807) is 18.5 Å². The summed E-state index contributed by atoms with van der Waals surface area (Å²) in [4.78, 5) is 17.2. The lowest BCUT2D eigenvalue weighted by atomic mass is 10.1. The van der Waals surface area contributed by atoms with Crippen LogP contribution in [0.4, 0.5) is 5.69 Å². The summed E-state index contributed by atoms with van der Waals surface area (Å²) >= 11 is 0. The van der Waals surface area contributed by atoms with Crippen molar-refractivity contribution in [3.63, 3.8) is 0 Å². The lowest BCUT2D eigenvalue weighted by Crippen LogP contribution is -2.19. The molecule has 0 spiro atoms. The third-order valence-electron chi connectivity index (χ3n) is 2.96. The smallest absolute Gasteiger partial charge is 0.337 e. The standard InChI is InChI=1S/C15H16N2O2/c1-11-3-4-13(15(18)19)14(9-11)17(2)10-12-5-7-16-8-6-12/h3-9H,10H2,1-2H3,(H,18,19). The van der Waals surface area contributed by atoms with E-state index in [2.05, 4.69) is 4.98 Å². The van der Waals surface area contributed by atoms with Crippen LogP contribution in [0.1, 0.15) is 21.5 Å². The molecule has 4 heteroatoms. The predicted octanol–water partition coefficient (Wildman–Crippen LogP) is 2.72. The third kappa shape index (κ3) is 3.10. The summed E-state index contributed by atoms with van der Waals surface area (Å²) in [5.74, 6) is -0.906. The molecule has 98 valence electrons. The van der Waals surface area contributed by atoms with E-state index in [1.165, 1.54) is 0 Å². The van der Waals surface area contributed by atoms with Gasteiger partial charge in [-0.15, -0.1) is 0 Å². The summed E-state index contributed by atoms with van der Waals surface area (Å²) in [6.45, 7) is 2.60. The van der Waals surface area contributed by atoms with E-state index in [0.717, 1.165) is 16.8 Å². The van der Waals surface area contributed by atoms with Crippen molar-refractivity contribution in [2.45, 2.75) is 13.5 Å². The molecule has 1 aromatic heterocycles. The third-order valence-corrected chi connectivity index (χ3v) is 2.96. The fraction of sp³-hybridized carbons (Fsp3) is 0.200. The second kappa shape index (κ2) is 5.52. The number of aryl methyl sites for hydroxylation is 1. The SMILES string of the molecule is Cc1ccc(C(=O)O)c(N(C)Cc2ccncc2)c1. The zero-order chi connectivity index (χ0) is 13.8. The minimum Gasteiger partial charge on any atom is -0.478 e. The number of carbonyl (C=O) groups is 1. The van der Waals surface area contributed by atoms with Gasteiger partial charge < -0.3 is 10.0 Å². The Morgan fingerprint density at radius 3 is 2.58 bits per heavy atom. The molecule has 0 aliphatic rings. The molecular formula is C15H16N2O2. The number of carboxylic acid groups (broad SMARTS) is 1. The molecule has 4 nitrogen and oxygen atoms in total. The number of aromatic carboxylic acids is 1. The maximum Gasteiger partial charge on any atom is 0.337 e. The number of benzene rings is 1. The van der Waals surface area contributed by atoms with Crippen molar-refractivity contribution in [1.29, 1.82) is 0 Å². The molecule has 0 bridgehead atoms. The van der Waals surface area contributed by atoms with Crippen molar-refractivity contribution in [3.05, 3.63) is 59.4 Å². The molecule has 0 unspecified atom stereocenters. The Morgan fingerprint density at radius 2 is 1.95 bits per heavy atom. The fourth-order valence-electron chi connectivity index (χ4n) is 1.99. The fourth-order valence-corrected chi connectivity index (χ4v) is 1.99. The molecule has 19 heavy (non-hydrogen) atoms. The molecule has 0 amide bonds. The van der Waals surface area contributed by atoms with Crippen LogP contribution >= 0.6 is 0 Å². The number of pyridine rings is 1. The summed E-state index contributed by atoms with van der Waals surface area (Å²) in [6, 6.07) is 9.20. The van der Waals surface area contributed by atoms with E-state index in [4.69, 9.17) is 0 Å². The Morgan fingerprint density at radius 1 is 1.26 bits per heavy atom. The molecule has 1 aromatic carbocycles. The quantitative estimate of drug-likeness (QED) is 0.913. The largest absolute Gasteiger partial charge is 0.478 e. The van der Waals surface area contributed by atoms with Gasteiger partial charge in [-0.25, -0.2) is 4.79 Å². The van der Waals surface area contributed by atoms with E-state index in [9.17, 15) is 9.90 Å². The van der Waals surface area contributed by atoms with E-state index in [-0.39, 0.29) is 0 Å². The minimum absolute atomic E-state index is 0.321. The molecule has 0 aliphatic carbocycles. The molecule has 0 saturated heterocycles. The number of hydrogen-bond donors (Lipinski definition) is 1. The summed E-state index contributed by atoms with van der Waals surface area (Å²) in [7, 11) is 1.89. The van der Waals surface area contributed by atoms with Gasteiger partial charge in [-0.2, -0.15) is 0 Å². The van der Waals surface area contributed by atoms with Gasteiger partial charge in [-0.05, 0) is 42.3 Å². The summed E-state index contributed by atoms with van der Waals surface area (Å²) in [6.07, 6.45) is 3.47. The van der Waals surface area contributed by atoms with Gasteiger partial charge in [0.1, 0.15) is 0 Å². The first kappa shape index (κ1) is 13.1. The van der Waals surface area contributed by atoms with Crippen LogP contribution in [0.15, 0.2) is 42.7 Å². The van der Waals surface area contributed by atoms with Gasteiger partial charge in [0.2, 0.25) is 0 Å².